The van der Waals surface area contributed by atoms with Crippen molar-refractivity contribution < 1.29 is 9.59 Å². The van der Waals surface area contributed by atoms with Crippen molar-refractivity contribution in [2.24, 2.45) is 5.10 Å². The molecular formula is C14H12N4O2S. The summed E-state index contributed by atoms with van der Waals surface area (Å²) in [6, 6.07) is 9.06. The quantitative estimate of drug-likeness (QED) is 0.944. The summed E-state index contributed by atoms with van der Waals surface area (Å²) < 4.78 is 0. The van der Waals surface area contributed by atoms with Crippen LogP contribution in [-0.4, -0.2) is 22.5 Å². The zero-order valence-corrected chi connectivity index (χ0v) is 11.8. The number of benzene rings is 1. The van der Waals surface area contributed by atoms with Crippen molar-refractivity contribution in [3.05, 3.63) is 41.9 Å². The monoisotopic (exact) mass is 300 g/mol. The van der Waals surface area contributed by atoms with E-state index in [4.69, 9.17) is 0 Å². The normalized spacial score (nSPS) is 14.8. The van der Waals surface area contributed by atoms with E-state index in [1.807, 2.05) is 18.2 Å². The van der Waals surface area contributed by atoms with Gasteiger partial charge in [-0.15, -0.1) is 11.3 Å². The molecule has 0 bridgehead atoms. The SMILES string of the molecule is O=C(Nc1nccs1)C1=NN(c2ccccc2)C(=O)CC1. The number of nitrogens with one attached hydrogen (secondary N) is 1. The molecule has 0 fully saturated rings. The van der Waals surface area contributed by atoms with Gasteiger partial charge in [0, 0.05) is 24.4 Å². The summed E-state index contributed by atoms with van der Waals surface area (Å²) in [5.74, 6) is -0.439. The second kappa shape index (κ2) is 5.84. The Morgan fingerprint density at radius 2 is 2.05 bits per heavy atom. The molecule has 2 heterocycles. The second-order valence-corrected chi connectivity index (χ2v) is 5.27. The van der Waals surface area contributed by atoms with Gasteiger partial charge in [0.2, 0.25) is 5.91 Å². The van der Waals surface area contributed by atoms with Gasteiger partial charge in [0.1, 0.15) is 5.71 Å². The van der Waals surface area contributed by atoms with Crippen LogP contribution >= 0.6 is 11.3 Å². The maximum Gasteiger partial charge on any atom is 0.273 e. The third-order valence-electron chi connectivity index (χ3n) is 2.95. The van der Waals surface area contributed by atoms with Gasteiger partial charge >= 0.3 is 0 Å². The fourth-order valence-corrected chi connectivity index (χ4v) is 2.47. The van der Waals surface area contributed by atoms with E-state index in [0.717, 1.165) is 0 Å². The first-order valence-corrected chi connectivity index (χ1v) is 7.28. The van der Waals surface area contributed by atoms with E-state index in [0.29, 0.717) is 23.0 Å². The van der Waals surface area contributed by atoms with Crippen LogP contribution < -0.4 is 10.3 Å². The summed E-state index contributed by atoms with van der Waals surface area (Å²) in [6.45, 7) is 0. The van der Waals surface area contributed by atoms with E-state index < -0.39 is 0 Å². The molecule has 6 nitrogen and oxygen atoms in total. The van der Waals surface area contributed by atoms with Gasteiger partial charge in [-0.2, -0.15) is 5.10 Å². The standard InChI is InChI=1S/C14H12N4O2S/c19-12-7-6-11(13(20)16-14-15-8-9-21-14)17-18(12)10-4-2-1-3-5-10/h1-5,8-9H,6-7H2,(H,15,16,20). The first-order valence-electron chi connectivity index (χ1n) is 6.40. The summed E-state index contributed by atoms with van der Waals surface area (Å²) in [7, 11) is 0. The second-order valence-electron chi connectivity index (χ2n) is 4.38. The smallest absolute Gasteiger partial charge is 0.273 e. The zero-order valence-electron chi connectivity index (χ0n) is 11.0. The summed E-state index contributed by atoms with van der Waals surface area (Å²) in [6.07, 6.45) is 2.21. The Morgan fingerprint density at radius 1 is 1.24 bits per heavy atom. The van der Waals surface area contributed by atoms with Gasteiger partial charge in [-0.25, -0.2) is 9.99 Å². The number of hydrogen-bond acceptors (Lipinski definition) is 5. The lowest BCUT2D eigenvalue weighted by molar-refractivity contribution is -0.118. The molecule has 2 aromatic rings. The molecule has 1 aliphatic heterocycles. The van der Waals surface area contributed by atoms with Crippen LogP contribution in [0.15, 0.2) is 47.0 Å². The Hall–Kier alpha value is -2.54. The first-order chi connectivity index (χ1) is 10.2. The number of hydrogen-bond donors (Lipinski definition) is 1. The molecule has 21 heavy (non-hydrogen) atoms. The molecule has 1 aliphatic rings. The molecule has 0 radical (unpaired) electrons. The van der Waals surface area contributed by atoms with E-state index in [2.05, 4.69) is 15.4 Å². The van der Waals surface area contributed by atoms with Crippen molar-refractivity contribution in [2.45, 2.75) is 12.8 Å². The molecule has 2 amide bonds. The number of thiazole rings is 1. The topological polar surface area (TPSA) is 74.7 Å². The van der Waals surface area contributed by atoms with Crippen molar-refractivity contribution >= 4 is 39.7 Å². The Labute approximate surface area is 125 Å². The molecule has 0 unspecified atom stereocenters. The average molecular weight is 300 g/mol. The van der Waals surface area contributed by atoms with Crippen LogP contribution in [0.1, 0.15) is 12.8 Å². The molecule has 1 aromatic heterocycles. The van der Waals surface area contributed by atoms with Crippen LogP contribution in [0.5, 0.6) is 0 Å². The third kappa shape index (κ3) is 2.97. The zero-order chi connectivity index (χ0) is 14.7. The molecule has 3 rings (SSSR count). The fraction of sp³-hybridized carbons (Fsp3) is 0.143. The van der Waals surface area contributed by atoms with Gasteiger partial charge in [-0.3, -0.25) is 14.9 Å². The van der Waals surface area contributed by atoms with Crippen molar-refractivity contribution in [1.29, 1.82) is 0 Å². The number of nitrogens with zero attached hydrogens (tertiary/aromatic N) is 3. The minimum atomic E-state index is -0.321. The number of amides is 2. The van der Waals surface area contributed by atoms with Gasteiger partial charge in [0.15, 0.2) is 5.13 Å². The molecular weight excluding hydrogens is 288 g/mol. The summed E-state index contributed by atoms with van der Waals surface area (Å²) in [4.78, 5) is 28.1. The predicted octanol–water partition coefficient (Wildman–Crippen LogP) is 2.26. The number of para-hydroxylation sites is 1. The Bertz CT molecular complexity index is 682. The Balaban J connectivity index is 1.82. The molecule has 0 saturated carbocycles. The third-order valence-corrected chi connectivity index (χ3v) is 3.64. The number of rotatable bonds is 3. The summed E-state index contributed by atoms with van der Waals surface area (Å²) in [5.41, 5.74) is 0.982. The maximum absolute atomic E-state index is 12.1. The molecule has 1 aromatic carbocycles. The highest BCUT2D eigenvalue weighted by atomic mass is 32.1. The Kier molecular flexibility index (Phi) is 3.74. The molecule has 0 saturated heterocycles. The van der Waals surface area contributed by atoms with Crippen molar-refractivity contribution in [2.75, 3.05) is 10.3 Å². The molecule has 1 N–H and O–H groups in total. The minimum absolute atomic E-state index is 0.119. The lowest BCUT2D eigenvalue weighted by atomic mass is 10.1. The van der Waals surface area contributed by atoms with E-state index in [1.165, 1.54) is 16.3 Å². The van der Waals surface area contributed by atoms with Gasteiger partial charge in [0.05, 0.1) is 5.69 Å². The van der Waals surface area contributed by atoms with Crippen LogP contribution in [0.2, 0.25) is 0 Å². The van der Waals surface area contributed by atoms with Gasteiger partial charge in [0.25, 0.3) is 5.91 Å². The number of anilines is 2. The van der Waals surface area contributed by atoms with E-state index in [9.17, 15) is 9.59 Å². The first kappa shape index (κ1) is 13.4. The minimum Gasteiger partial charge on any atom is -0.297 e. The molecule has 0 spiro atoms. The lowest BCUT2D eigenvalue weighted by Gasteiger charge is -2.22. The fourth-order valence-electron chi connectivity index (χ4n) is 1.94. The van der Waals surface area contributed by atoms with Crippen LogP contribution in [0.4, 0.5) is 10.8 Å². The maximum atomic E-state index is 12.1. The van der Waals surface area contributed by atoms with Crippen LogP contribution in [0, 0.1) is 0 Å². The van der Waals surface area contributed by atoms with Crippen LogP contribution in [0.25, 0.3) is 0 Å². The van der Waals surface area contributed by atoms with Crippen molar-refractivity contribution in [3.63, 3.8) is 0 Å². The highest BCUT2D eigenvalue weighted by Crippen LogP contribution is 2.20. The van der Waals surface area contributed by atoms with Gasteiger partial charge < -0.3 is 0 Å². The molecule has 106 valence electrons. The van der Waals surface area contributed by atoms with Crippen molar-refractivity contribution in [3.8, 4) is 0 Å². The largest absolute Gasteiger partial charge is 0.297 e. The van der Waals surface area contributed by atoms with Crippen molar-refractivity contribution in [1.82, 2.24) is 4.98 Å². The van der Waals surface area contributed by atoms with Crippen LogP contribution in [0.3, 0.4) is 0 Å². The lowest BCUT2D eigenvalue weighted by Crippen LogP contribution is -2.36. The highest BCUT2D eigenvalue weighted by Gasteiger charge is 2.25. The summed E-state index contributed by atoms with van der Waals surface area (Å²) >= 11 is 1.33. The van der Waals surface area contributed by atoms with Gasteiger partial charge in [-0.1, -0.05) is 18.2 Å². The van der Waals surface area contributed by atoms with E-state index in [1.54, 1.807) is 23.7 Å². The number of carbonyl (C=O) groups excluding carboxylic acids is 2. The predicted molar refractivity (Wildman–Crippen MR) is 81.3 cm³/mol. The van der Waals surface area contributed by atoms with E-state index in [-0.39, 0.29) is 18.2 Å². The molecule has 0 atom stereocenters. The van der Waals surface area contributed by atoms with E-state index >= 15 is 0 Å². The number of hydrazone groups is 1. The number of carbonyl (C=O) groups is 2. The Morgan fingerprint density at radius 3 is 2.76 bits per heavy atom. The summed E-state index contributed by atoms with van der Waals surface area (Å²) in [5, 5.41) is 10.4. The molecule has 0 aliphatic carbocycles. The average Bonchev–Trinajstić information content (AvgIpc) is 3.01. The highest BCUT2D eigenvalue weighted by molar-refractivity contribution is 7.13. The van der Waals surface area contributed by atoms with Crippen LogP contribution in [-0.2, 0) is 9.59 Å². The van der Waals surface area contributed by atoms with Gasteiger partial charge in [-0.05, 0) is 12.1 Å². The number of aromatic nitrogens is 1. The molecule has 7 heteroatoms.